The SMILES string of the molecule is COc1ccc([S+]([O-])C2CCN(CCc3ccc(F)cc3)CC2)cc1OC. The molecule has 1 unspecified atom stereocenters. The van der Waals surface area contributed by atoms with Crippen LogP contribution >= 0.6 is 0 Å². The summed E-state index contributed by atoms with van der Waals surface area (Å²) >= 11 is -1.05. The second-order valence-electron chi connectivity index (χ2n) is 6.73. The third-order valence-electron chi connectivity index (χ3n) is 5.05. The Bertz CT molecular complexity index is 733. The molecule has 1 saturated heterocycles. The van der Waals surface area contributed by atoms with Crippen LogP contribution in [0.3, 0.4) is 0 Å². The molecule has 1 aliphatic heterocycles. The zero-order valence-corrected chi connectivity index (χ0v) is 16.6. The van der Waals surface area contributed by atoms with Crippen molar-refractivity contribution in [1.29, 1.82) is 0 Å². The molecule has 1 fully saturated rings. The summed E-state index contributed by atoms with van der Waals surface area (Å²) in [5.41, 5.74) is 1.15. The average molecular weight is 392 g/mol. The van der Waals surface area contributed by atoms with Crippen LogP contribution in [0.15, 0.2) is 47.4 Å². The molecular weight excluding hydrogens is 365 g/mol. The number of benzene rings is 2. The van der Waals surface area contributed by atoms with E-state index in [1.54, 1.807) is 14.2 Å². The zero-order valence-electron chi connectivity index (χ0n) is 15.8. The van der Waals surface area contributed by atoms with E-state index in [2.05, 4.69) is 4.90 Å². The fourth-order valence-corrected chi connectivity index (χ4v) is 4.87. The van der Waals surface area contributed by atoms with E-state index >= 15 is 0 Å². The molecule has 0 radical (unpaired) electrons. The molecule has 0 N–H and O–H groups in total. The Labute approximate surface area is 163 Å². The third-order valence-corrected chi connectivity index (χ3v) is 6.85. The molecular formula is C21H26FNO3S. The Morgan fingerprint density at radius 3 is 2.33 bits per heavy atom. The Morgan fingerprint density at radius 1 is 1.04 bits per heavy atom. The molecule has 0 saturated carbocycles. The lowest BCUT2D eigenvalue weighted by molar-refractivity contribution is 0.232. The third kappa shape index (κ3) is 5.15. The lowest BCUT2D eigenvalue weighted by Gasteiger charge is -2.32. The maximum absolute atomic E-state index is 13.0. The molecule has 1 atom stereocenters. The summed E-state index contributed by atoms with van der Waals surface area (Å²) in [6.45, 7) is 2.82. The first-order valence-corrected chi connectivity index (χ1v) is 10.4. The standard InChI is InChI=1S/C21H26FNO3S/c1-25-20-8-7-19(15-21(20)26-2)27(24)18-10-13-23(14-11-18)12-9-16-3-5-17(22)6-4-16/h3-8,15,18H,9-14H2,1-2H3. The highest BCUT2D eigenvalue weighted by atomic mass is 32.2. The van der Waals surface area contributed by atoms with Crippen molar-refractivity contribution < 1.29 is 18.4 Å². The predicted molar refractivity (Wildman–Crippen MR) is 106 cm³/mol. The summed E-state index contributed by atoms with van der Waals surface area (Å²) in [7, 11) is 3.18. The van der Waals surface area contributed by atoms with E-state index < -0.39 is 11.2 Å². The second kappa shape index (κ2) is 9.44. The molecule has 1 aliphatic rings. The highest BCUT2D eigenvalue weighted by molar-refractivity contribution is 7.92. The molecule has 0 spiro atoms. The van der Waals surface area contributed by atoms with Crippen LogP contribution in [0.4, 0.5) is 4.39 Å². The molecule has 0 amide bonds. The van der Waals surface area contributed by atoms with Crippen molar-refractivity contribution in [2.45, 2.75) is 29.4 Å². The van der Waals surface area contributed by atoms with Crippen LogP contribution in [0.2, 0.25) is 0 Å². The van der Waals surface area contributed by atoms with Gasteiger partial charge in [0.15, 0.2) is 16.4 Å². The number of likely N-dealkylation sites (tertiary alicyclic amines) is 1. The van der Waals surface area contributed by atoms with Crippen LogP contribution in [0.1, 0.15) is 18.4 Å². The molecule has 6 heteroatoms. The van der Waals surface area contributed by atoms with E-state index in [-0.39, 0.29) is 11.1 Å². The van der Waals surface area contributed by atoms with E-state index in [0.717, 1.165) is 49.4 Å². The highest BCUT2D eigenvalue weighted by Crippen LogP contribution is 2.32. The van der Waals surface area contributed by atoms with Crippen LogP contribution in [0, 0.1) is 5.82 Å². The number of piperidine rings is 1. The normalized spacial score (nSPS) is 16.9. The van der Waals surface area contributed by atoms with E-state index in [4.69, 9.17) is 9.47 Å². The van der Waals surface area contributed by atoms with E-state index in [1.165, 1.54) is 12.1 Å². The molecule has 0 bridgehead atoms. The maximum Gasteiger partial charge on any atom is 0.165 e. The van der Waals surface area contributed by atoms with Gasteiger partial charge >= 0.3 is 0 Å². The van der Waals surface area contributed by atoms with E-state index in [1.807, 2.05) is 30.3 Å². The highest BCUT2D eigenvalue weighted by Gasteiger charge is 2.30. The number of halogens is 1. The number of rotatable bonds is 7. The molecule has 4 nitrogen and oxygen atoms in total. The maximum atomic E-state index is 13.0. The monoisotopic (exact) mass is 391 g/mol. The van der Waals surface area contributed by atoms with Crippen molar-refractivity contribution in [3.63, 3.8) is 0 Å². The Balaban J connectivity index is 1.51. The smallest absolute Gasteiger partial charge is 0.165 e. The van der Waals surface area contributed by atoms with Crippen molar-refractivity contribution in [3.8, 4) is 11.5 Å². The predicted octanol–water partition coefficient (Wildman–Crippen LogP) is 3.66. The Hall–Kier alpha value is -1.76. The number of hydrogen-bond donors (Lipinski definition) is 0. The minimum absolute atomic E-state index is 0.158. The topological polar surface area (TPSA) is 44.8 Å². The number of nitrogens with zero attached hydrogens (tertiary/aromatic N) is 1. The summed E-state index contributed by atoms with van der Waals surface area (Å²) < 4.78 is 36.5. The second-order valence-corrected chi connectivity index (χ2v) is 8.46. The van der Waals surface area contributed by atoms with Crippen LogP contribution in [0.5, 0.6) is 11.5 Å². The summed E-state index contributed by atoms with van der Waals surface area (Å²) in [4.78, 5) is 3.18. The first-order valence-electron chi connectivity index (χ1n) is 9.20. The van der Waals surface area contributed by atoms with Crippen LogP contribution in [-0.4, -0.2) is 48.6 Å². The molecule has 2 aromatic rings. The quantitative estimate of drug-likeness (QED) is 0.676. The molecule has 0 aliphatic carbocycles. The van der Waals surface area contributed by atoms with Gasteiger partial charge in [-0.05, 0) is 47.4 Å². The van der Waals surface area contributed by atoms with Crippen molar-refractivity contribution in [2.75, 3.05) is 33.9 Å². The van der Waals surface area contributed by atoms with Gasteiger partial charge < -0.3 is 18.9 Å². The summed E-state index contributed by atoms with van der Waals surface area (Å²) in [5, 5.41) is 0.158. The van der Waals surface area contributed by atoms with Crippen molar-refractivity contribution in [1.82, 2.24) is 4.90 Å². The molecule has 1 heterocycles. The van der Waals surface area contributed by atoms with Gasteiger partial charge in [0.1, 0.15) is 11.1 Å². The van der Waals surface area contributed by atoms with Crippen molar-refractivity contribution in [2.24, 2.45) is 0 Å². The number of methoxy groups -OCH3 is 2. The Morgan fingerprint density at radius 2 is 1.70 bits per heavy atom. The van der Waals surface area contributed by atoms with Gasteiger partial charge in [0.05, 0.1) is 14.2 Å². The van der Waals surface area contributed by atoms with Crippen LogP contribution in [0.25, 0.3) is 0 Å². The largest absolute Gasteiger partial charge is 0.611 e. The first-order chi connectivity index (χ1) is 13.1. The number of ether oxygens (including phenoxy) is 2. The van der Waals surface area contributed by atoms with Crippen molar-refractivity contribution in [3.05, 3.63) is 53.8 Å². The minimum Gasteiger partial charge on any atom is -0.611 e. The van der Waals surface area contributed by atoms with Gasteiger partial charge in [0, 0.05) is 38.5 Å². The fourth-order valence-electron chi connectivity index (χ4n) is 3.42. The van der Waals surface area contributed by atoms with Crippen LogP contribution in [-0.2, 0) is 17.6 Å². The van der Waals surface area contributed by atoms with Gasteiger partial charge in [0.25, 0.3) is 0 Å². The van der Waals surface area contributed by atoms with Gasteiger partial charge in [-0.2, -0.15) is 0 Å². The molecule has 0 aromatic heterocycles. The van der Waals surface area contributed by atoms with E-state index in [9.17, 15) is 8.94 Å². The summed E-state index contributed by atoms with van der Waals surface area (Å²) in [5.74, 6) is 1.06. The number of hydrogen-bond acceptors (Lipinski definition) is 4. The summed E-state index contributed by atoms with van der Waals surface area (Å²) in [6.07, 6.45) is 2.72. The van der Waals surface area contributed by atoms with Crippen LogP contribution < -0.4 is 9.47 Å². The van der Waals surface area contributed by atoms with E-state index in [0.29, 0.717) is 11.5 Å². The molecule has 146 valence electrons. The molecule has 2 aromatic carbocycles. The summed E-state index contributed by atoms with van der Waals surface area (Å²) in [6, 6.07) is 12.2. The fraction of sp³-hybridized carbons (Fsp3) is 0.429. The van der Waals surface area contributed by atoms with Gasteiger partial charge in [0.2, 0.25) is 0 Å². The Kier molecular flexibility index (Phi) is 6.99. The van der Waals surface area contributed by atoms with Gasteiger partial charge in [-0.3, -0.25) is 0 Å². The zero-order chi connectivity index (χ0) is 19.2. The average Bonchev–Trinajstić information content (AvgIpc) is 2.72. The molecule has 3 rings (SSSR count). The lowest BCUT2D eigenvalue weighted by Crippen LogP contribution is -2.40. The first kappa shape index (κ1) is 20.0. The van der Waals surface area contributed by atoms with Gasteiger partial charge in [-0.1, -0.05) is 12.1 Å². The van der Waals surface area contributed by atoms with Gasteiger partial charge in [-0.25, -0.2) is 4.39 Å². The molecule has 27 heavy (non-hydrogen) atoms. The van der Waals surface area contributed by atoms with Gasteiger partial charge in [-0.15, -0.1) is 0 Å². The lowest BCUT2D eigenvalue weighted by atomic mass is 10.1. The minimum atomic E-state index is -1.05. The van der Waals surface area contributed by atoms with Crippen molar-refractivity contribution >= 4 is 11.2 Å².